The average Bonchev–Trinajstić information content (AvgIpc) is 3.15. The van der Waals surface area contributed by atoms with Gasteiger partial charge < -0.3 is 15.2 Å². The van der Waals surface area contributed by atoms with Crippen LogP contribution in [0, 0.1) is 11.3 Å². The first-order valence-electron chi connectivity index (χ1n) is 8.81. The second kappa shape index (κ2) is 7.15. The number of aromatic nitrogens is 2. The molecule has 30 heavy (non-hydrogen) atoms. The molecular weight excluding hydrogens is 397 g/mol. The summed E-state index contributed by atoms with van der Waals surface area (Å²) in [6, 6.07) is 13.8. The number of methoxy groups -OCH3 is 1. The molecule has 4 rings (SSSR count). The number of nitrogens with two attached hydrogens (primary N) is 1. The molecule has 3 aromatic rings. The third-order valence-electron chi connectivity index (χ3n) is 4.87. The minimum Gasteiger partial charge on any atom is -0.497 e. The summed E-state index contributed by atoms with van der Waals surface area (Å²) in [5.74, 6) is -0.122. The molecule has 0 fully saturated rings. The van der Waals surface area contributed by atoms with Gasteiger partial charge in [0.15, 0.2) is 0 Å². The molecule has 2 aromatic carbocycles. The standard InChI is InChI=1S/C21H15F3N4O2/c1-29-14-4-2-3-12(9-14)18-17-16(11-5-7-13(8-6-11)21(22,23)24)15(10-25)19(26)30-20(17)28-27-18/h2-9,16H,26H2,1H3,(H,27,28)/t16-/m0/s1. The highest BCUT2D eigenvalue weighted by Crippen LogP contribution is 2.46. The Labute approximate surface area is 169 Å². The van der Waals surface area contributed by atoms with Gasteiger partial charge in [-0.05, 0) is 29.8 Å². The maximum absolute atomic E-state index is 13.0. The van der Waals surface area contributed by atoms with Crippen LogP contribution in [0.1, 0.15) is 22.6 Å². The zero-order valence-corrected chi connectivity index (χ0v) is 15.6. The van der Waals surface area contributed by atoms with Gasteiger partial charge in [0.25, 0.3) is 0 Å². The van der Waals surface area contributed by atoms with Gasteiger partial charge in [0, 0.05) is 5.56 Å². The summed E-state index contributed by atoms with van der Waals surface area (Å²) < 4.78 is 49.7. The molecule has 0 bridgehead atoms. The molecular formula is C21H15F3N4O2. The number of nitrogens with one attached hydrogen (secondary N) is 1. The van der Waals surface area contributed by atoms with E-state index in [1.807, 2.05) is 12.1 Å². The SMILES string of the molecule is COc1cccc(-c2[nH]nc3c2[C@@H](c2ccc(C(F)(F)F)cc2)C(C#N)=C(N)O3)c1. The lowest BCUT2D eigenvalue weighted by Gasteiger charge is -2.24. The quantitative estimate of drug-likeness (QED) is 0.668. The number of fused-ring (bicyclic) bond motifs is 1. The smallest absolute Gasteiger partial charge is 0.416 e. The van der Waals surface area contributed by atoms with E-state index in [9.17, 15) is 18.4 Å². The lowest BCUT2D eigenvalue weighted by Crippen LogP contribution is -2.21. The Bertz CT molecular complexity index is 1170. The lowest BCUT2D eigenvalue weighted by atomic mass is 9.82. The van der Waals surface area contributed by atoms with Crippen molar-refractivity contribution in [3.05, 3.63) is 76.7 Å². The van der Waals surface area contributed by atoms with Crippen molar-refractivity contribution in [3.8, 4) is 29.0 Å². The number of alkyl halides is 3. The van der Waals surface area contributed by atoms with E-state index in [4.69, 9.17) is 15.2 Å². The summed E-state index contributed by atoms with van der Waals surface area (Å²) in [6.45, 7) is 0. The number of hydrogen-bond acceptors (Lipinski definition) is 5. The highest BCUT2D eigenvalue weighted by atomic mass is 19.4. The Morgan fingerprint density at radius 3 is 2.57 bits per heavy atom. The number of nitriles is 1. The van der Waals surface area contributed by atoms with Crippen molar-refractivity contribution >= 4 is 0 Å². The Morgan fingerprint density at radius 2 is 1.93 bits per heavy atom. The molecule has 0 amide bonds. The molecule has 1 aromatic heterocycles. The van der Waals surface area contributed by atoms with E-state index in [-0.39, 0.29) is 17.3 Å². The Balaban J connectivity index is 1.89. The number of benzene rings is 2. The van der Waals surface area contributed by atoms with Crippen LogP contribution in [0.15, 0.2) is 60.0 Å². The van der Waals surface area contributed by atoms with Crippen molar-refractivity contribution in [2.75, 3.05) is 7.11 Å². The van der Waals surface area contributed by atoms with E-state index in [0.717, 1.165) is 12.1 Å². The van der Waals surface area contributed by atoms with Crippen molar-refractivity contribution in [1.29, 1.82) is 5.26 Å². The summed E-state index contributed by atoms with van der Waals surface area (Å²) in [5, 5.41) is 16.7. The van der Waals surface area contributed by atoms with Gasteiger partial charge in [-0.15, -0.1) is 5.10 Å². The molecule has 0 saturated carbocycles. The largest absolute Gasteiger partial charge is 0.497 e. The zero-order chi connectivity index (χ0) is 21.5. The fourth-order valence-corrected chi connectivity index (χ4v) is 3.44. The highest BCUT2D eigenvalue weighted by Gasteiger charge is 2.36. The molecule has 1 atom stereocenters. The number of H-pyrrole nitrogens is 1. The first kappa shape index (κ1) is 19.4. The summed E-state index contributed by atoms with van der Waals surface area (Å²) in [6.07, 6.45) is -4.46. The van der Waals surface area contributed by atoms with Gasteiger partial charge in [-0.1, -0.05) is 24.3 Å². The zero-order valence-electron chi connectivity index (χ0n) is 15.6. The molecule has 2 heterocycles. The summed E-state index contributed by atoms with van der Waals surface area (Å²) in [5.41, 5.74) is 7.44. The molecule has 6 nitrogen and oxygen atoms in total. The van der Waals surface area contributed by atoms with Crippen LogP contribution in [0.2, 0.25) is 0 Å². The Hall–Kier alpha value is -3.93. The molecule has 1 aliphatic heterocycles. The van der Waals surface area contributed by atoms with Gasteiger partial charge >= 0.3 is 6.18 Å². The summed E-state index contributed by atoms with van der Waals surface area (Å²) in [4.78, 5) is 0. The van der Waals surface area contributed by atoms with Crippen LogP contribution in [0.5, 0.6) is 11.6 Å². The van der Waals surface area contributed by atoms with Crippen LogP contribution in [0.4, 0.5) is 13.2 Å². The van der Waals surface area contributed by atoms with Crippen molar-refractivity contribution in [2.24, 2.45) is 5.73 Å². The fraction of sp³-hybridized carbons (Fsp3) is 0.143. The van der Waals surface area contributed by atoms with Crippen molar-refractivity contribution in [2.45, 2.75) is 12.1 Å². The first-order chi connectivity index (χ1) is 14.3. The lowest BCUT2D eigenvalue weighted by molar-refractivity contribution is -0.137. The topological polar surface area (TPSA) is 97.0 Å². The van der Waals surface area contributed by atoms with E-state index in [2.05, 4.69) is 10.2 Å². The highest BCUT2D eigenvalue weighted by molar-refractivity contribution is 5.71. The summed E-state index contributed by atoms with van der Waals surface area (Å²) >= 11 is 0. The molecule has 1 aliphatic rings. The van der Waals surface area contributed by atoms with Crippen LogP contribution in [0.25, 0.3) is 11.3 Å². The molecule has 152 valence electrons. The second-order valence-electron chi connectivity index (χ2n) is 6.59. The van der Waals surface area contributed by atoms with Gasteiger partial charge in [-0.2, -0.15) is 18.4 Å². The predicted octanol–water partition coefficient (Wildman–Crippen LogP) is 4.32. The Morgan fingerprint density at radius 1 is 1.20 bits per heavy atom. The van der Waals surface area contributed by atoms with Crippen LogP contribution < -0.4 is 15.2 Å². The van der Waals surface area contributed by atoms with Crippen molar-refractivity contribution in [3.63, 3.8) is 0 Å². The average molecular weight is 412 g/mol. The minimum atomic E-state index is -4.46. The number of ether oxygens (including phenoxy) is 2. The number of allylic oxidation sites excluding steroid dienone is 1. The van der Waals surface area contributed by atoms with Gasteiger partial charge in [-0.3, -0.25) is 5.10 Å². The molecule has 0 saturated heterocycles. The van der Waals surface area contributed by atoms with E-state index >= 15 is 0 Å². The second-order valence-corrected chi connectivity index (χ2v) is 6.59. The molecule has 3 N–H and O–H groups in total. The van der Waals surface area contributed by atoms with Crippen LogP contribution in [0.3, 0.4) is 0 Å². The molecule has 0 spiro atoms. The van der Waals surface area contributed by atoms with Crippen LogP contribution >= 0.6 is 0 Å². The van der Waals surface area contributed by atoms with Crippen LogP contribution in [-0.4, -0.2) is 17.3 Å². The minimum absolute atomic E-state index is 0.0906. The summed E-state index contributed by atoms with van der Waals surface area (Å²) in [7, 11) is 1.53. The molecule has 0 aliphatic carbocycles. The van der Waals surface area contributed by atoms with E-state index < -0.39 is 17.7 Å². The van der Waals surface area contributed by atoms with Gasteiger partial charge in [0.2, 0.25) is 11.8 Å². The van der Waals surface area contributed by atoms with Crippen LogP contribution in [-0.2, 0) is 6.18 Å². The van der Waals surface area contributed by atoms with E-state index in [1.54, 1.807) is 18.2 Å². The van der Waals surface area contributed by atoms with Crippen molar-refractivity contribution < 1.29 is 22.6 Å². The monoisotopic (exact) mass is 412 g/mol. The maximum Gasteiger partial charge on any atom is 0.416 e. The number of hydrogen-bond donors (Lipinski definition) is 2. The number of rotatable bonds is 3. The molecule has 0 radical (unpaired) electrons. The van der Waals surface area contributed by atoms with E-state index in [0.29, 0.717) is 28.1 Å². The maximum atomic E-state index is 13.0. The Kier molecular flexibility index (Phi) is 4.62. The number of aromatic amines is 1. The number of halogens is 3. The third kappa shape index (κ3) is 3.22. The molecule has 0 unspecified atom stereocenters. The predicted molar refractivity (Wildman–Crippen MR) is 101 cm³/mol. The normalized spacial score (nSPS) is 15.9. The van der Waals surface area contributed by atoms with Gasteiger partial charge in [0.1, 0.15) is 17.4 Å². The van der Waals surface area contributed by atoms with E-state index in [1.165, 1.54) is 19.2 Å². The third-order valence-corrected chi connectivity index (χ3v) is 4.87. The molecule has 9 heteroatoms. The fourth-order valence-electron chi connectivity index (χ4n) is 3.44. The van der Waals surface area contributed by atoms with Gasteiger partial charge in [-0.25, -0.2) is 0 Å². The number of nitrogens with zero attached hydrogens (tertiary/aromatic N) is 2. The first-order valence-corrected chi connectivity index (χ1v) is 8.81. The van der Waals surface area contributed by atoms with Crippen molar-refractivity contribution in [1.82, 2.24) is 10.2 Å². The van der Waals surface area contributed by atoms with Gasteiger partial charge in [0.05, 0.1) is 29.8 Å².